The summed E-state index contributed by atoms with van der Waals surface area (Å²) in [4.78, 5) is 23.5. The highest BCUT2D eigenvalue weighted by atomic mass is 16.1. The average molecular weight is 336 g/mol. The summed E-state index contributed by atoms with van der Waals surface area (Å²) in [6, 6.07) is 8.71. The molecule has 1 N–H and O–H groups in total. The van der Waals surface area contributed by atoms with E-state index in [0.29, 0.717) is 5.69 Å². The quantitative estimate of drug-likeness (QED) is 0.930. The van der Waals surface area contributed by atoms with Crippen molar-refractivity contribution in [2.75, 3.05) is 11.4 Å². The van der Waals surface area contributed by atoms with E-state index in [1.807, 2.05) is 0 Å². The topological polar surface area (TPSA) is 58.1 Å². The molecule has 5 nitrogen and oxygen atoms in total. The van der Waals surface area contributed by atoms with Crippen molar-refractivity contribution in [3.05, 3.63) is 47.9 Å². The Kier molecular flexibility index (Phi) is 4.63. The normalized spacial score (nSPS) is 17.8. The molecule has 1 saturated carbocycles. The van der Waals surface area contributed by atoms with Crippen LogP contribution in [0.2, 0.25) is 0 Å². The van der Waals surface area contributed by atoms with Crippen LogP contribution in [-0.4, -0.2) is 28.5 Å². The molecule has 0 unspecified atom stereocenters. The number of nitrogens with one attached hydrogen (secondary N) is 1. The van der Waals surface area contributed by atoms with Crippen molar-refractivity contribution in [1.82, 2.24) is 15.3 Å². The number of nitrogens with zero attached hydrogens (tertiary/aromatic N) is 3. The minimum absolute atomic E-state index is 0.106. The maximum atomic E-state index is 12.4. The summed E-state index contributed by atoms with van der Waals surface area (Å²) in [6.07, 6.45) is 11.3. The average Bonchev–Trinajstić information content (AvgIpc) is 2.68. The van der Waals surface area contributed by atoms with E-state index >= 15 is 0 Å². The summed E-state index contributed by atoms with van der Waals surface area (Å²) >= 11 is 0. The standard InChI is InChI=1S/C20H24N4O/c25-20(23-16-9-2-1-3-10-16)17-13-22-19(14-21-17)24-12-6-8-15-7-4-5-11-18(15)24/h4-5,7,11,13-14,16H,1-3,6,8-10,12H2,(H,23,25). The van der Waals surface area contributed by atoms with Gasteiger partial charge in [-0.3, -0.25) is 4.79 Å². The molecule has 1 aliphatic heterocycles. The van der Waals surface area contributed by atoms with Gasteiger partial charge in [0.25, 0.3) is 5.91 Å². The molecule has 4 rings (SSSR count). The third kappa shape index (κ3) is 3.50. The van der Waals surface area contributed by atoms with Crippen molar-refractivity contribution in [3.63, 3.8) is 0 Å². The first-order chi connectivity index (χ1) is 12.3. The zero-order valence-corrected chi connectivity index (χ0v) is 14.4. The highest BCUT2D eigenvalue weighted by Gasteiger charge is 2.21. The van der Waals surface area contributed by atoms with Gasteiger partial charge in [0.1, 0.15) is 5.69 Å². The largest absolute Gasteiger partial charge is 0.348 e. The van der Waals surface area contributed by atoms with Crippen molar-refractivity contribution < 1.29 is 4.79 Å². The van der Waals surface area contributed by atoms with Crippen LogP contribution in [0.4, 0.5) is 11.5 Å². The van der Waals surface area contributed by atoms with Crippen LogP contribution in [-0.2, 0) is 6.42 Å². The predicted molar refractivity (Wildman–Crippen MR) is 98.1 cm³/mol. The number of benzene rings is 1. The Morgan fingerprint density at radius 3 is 2.68 bits per heavy atom. The molecular weight excluding hydrogens is 312 g/mol. The summed E-state index contributed by atoms with van der Waals surface area (Å²) in [5, 5.41) is 3.09. The van der Waals surface area contributed by atoms with E-state index in [1.54, 1.807) is 12.4 Å². The maximum absolute atomic E-state index is 12.4. The first kappa shape index (κ1) is 16.1. The molecule has 1 aliphatic carbocycles. The summed E-state index contributed by atoms with van der Waals surface area (Å²) in [6.45, 7) is 0.930. The van der Waals surface area contributed by atoms with Crippen LogP contribution >= 0.6 is 0 Å². The van der Waals surface area contributed by atoms with Gasteiger partial charge in [-0.2, -0.15) is 0 Å². The lowest BCUT2D eigenvalue weighted by atomic mass is 9.95. The minimum atomic E-state index is -0.106. The molecule has 0 atom stereocenters. The Bertz CT molecular complexity index is 738. The van der Waals surface area contributed by atoms with Gasteiger partial charge in [0.2, 0.25) is 0 Å². The molecule has 2 heterocycles. The number of hydrogen-bond donors (Lipinski definition) is 1. The molecule has 0 saturated heterocycles. The molecule has 25 heavy (non-hydrogen) atoms. The van der Waals surface area contributed by atoms with Gasteiger partial charge in [0.15, 0.2) is 5.82 Å². The Balaban J connectivity index is 1.48. The summed E-state index contributed by atoms with van der Waals surface area (Å²) in [5.74, 6) is 0.700. The molecule has 0 bridgehead atoms. The van der Waals surface area contributed by atoms with Crippen molar-refractivity contribution in [3.8, 4) is 0 Å². The van der Waals surface area contributed by atoms with Gasteiger partial charge in [-0.15, -0.1) is 0 Å². The first-order valence-electron chi connectivity index (χ1n) is 9.29. The number of anilines is 2. The number of carbonyl (C=O) groups is 1. The SMILES string of the molecule is O=C(NC1CCCCC1)c1cnc(N2CCCc3ccccc32)cn1. The van der Waals surface area contributed by atoms with E-state index in [9.17, 15) is 4.79 Å². The van der Waals surface area contributed by atoms with Crippen LogP contribution in [0, 0.1) is 0 Å². The fourth-order valence-electron chi connectivity index (χ4n) is 3.86. The molecule has 5 heteroatoms. The second-order valence-corrected chi connectivity index (χ2v) is 6.95. The van der Waals surface area contributed by atoms with Crippen LogP contribution < -0.4 is 10.2 Å². The zero-order valence-electron chi connectivity index (χ0n) is 14.4. The molecule has 1 fully saturated rings. The molecule has 130 valence electrons. The molecule has 1 amide bonds. The summed E-state index contributed by atoms with van der Waals surface area (Å²) < 4.78 is 0. The fourth-order valence-corrected chi connectivity index (χ4v) is 3.86. The lowest BCUT2D eigenvalue weighted by Crippen LogP contribution is -2.36. The van der Waals surface area contributed by atoms with E-state index < -0.39 is 0 Å². The van der Waals surface area contributed by atoms with Crippen LogP contribution in [0.3, 0.4) is 0 Å². The Hall–Kier alpha value is -2.43. The van der Waals surface area contributed by atoms with E-state index in [1.165, 1.54) is 30.5 Å². The van der Waals surface area contributed by atoms with Gasteiger partial charge < -0.3 is 10.2 Å². The third-order valence-electron chi connectivity index (χ3n) is 5.20. The number of para-hydroxylation sites is 1. The highest BCUT2D eigenvalue weighted by molar-refractivity contribution is 5.92. The molecule has 2 aliphatic rings. The minimum Gasteiger partial charge on any atom is -0.348 e. The Morgan fingerprint density at radius 1 is 1.04 bits per heavy atom. The lowest BCUT2D eigenvalue weighted by molar-refractivity contribution is 0.0922. The number of fused-ring (bicyclic) bond motifs is 1. The molecule has 2 aromatic rings. The fraction of sp³-hybridized carbons (Fsp3) is 0.450. The monoisotopic (exact) mass is 336 g/mol. The first-order valence-corrected chi connectivity index (χ1v) is 9.29. The molecule has 1 aromatic heterocycles. The Morgan fingerprint density at radius 2 is 1.88 bits per heavy atom. The van der Waals surface area contributed by atoms with E-state index in [-0.39, 0.29) is 11.9 Å². The van der Waals surface area contributed by atoms with Crippen LogP contribution in [0.15, 0.2) is 36.7 Å². The summed E-state index contributed by atoms with van der Waals surface area (Å²) in [7, 11) is 0. The number of hydrogen-bond acceptors (Lipinski definition) is 4. The van der Waals surface area contributed by atoms with Gasteiger partial charge >= 0.3 is 0 Å². The van der Waals surface area contributed by atoms with E-state index in [2.05, 4.69) is 44.5 Å². The van der Waals surface area contributed by atoms with Crippen molar-refractivity contribution in [2.24, 2.45) is 0 Å². The second kappa shape index (κ2) is 7.21. The molecular formula is C20H24N4O. The van der Waals surface area contributed by atoms with Crippen molar-refractivity contribution >= 4 is 17.4 Å². The number of rotatable bonds is 3. The van der Waals surface area contributed by atoms with Gasteiger partial charge in [-0.1, -0.05) is 37.5 Å². The Labute approximate surface area is 148 Å². The number of aryl methyl sites for hydroxylation is 1. The van der Waals surface area contributed by atoms with E-state index in [0.717, 1.165) is 38.0 Å². The van der Waals surface area contributed by atoms with E-state index in [4.69, 9.17) is 0 Å². The van der Waals surface area contributed by atoms with Gasteiger partial charge in [-0.05, 0) is 37.3 Å². The second-order valence-electron chi connectivity index (χ2n) is 6.95. The number of amides is 1. The smallest absolute Gasteiger partial charge is 0.271 e. The van der Waals surface area contributed by atoms with Gasteiger partial charge in [0.05, 0.1) is 12.4 Å². The number of aromatic nitrogens is 2. The molecule has 0 radical (unpaired) electrons. The van der Waals surface area contributed by atoms with Crippen molar-refractivity contribution in [1.29, 1.82) is 0 Å². The molecule has 1 aromatic carbocycles. The van der Waals surface area contributed by atoms with Crippen LogP contribution in [0.25, 0.3) is 0 Å². The van der Waals surface area contributed by atoms with Crippen LogP contribution in [0.1, 0.15) is 54.6 Å². The van der Waals surface area contributed by atoms with Gasteiger partial charge in [0, 0.05) is 18.3 Å². The van der Waals surface area contributed by atoms with Crippen molar-refractivity contribution in [2.45, 2.75) is 51.0 Å². The van der Waals surface area contributed by atoms with Gasteiger partial charge in [-0.25, -0.2) is 9.97 Å². The zero-order chi connectivity index (χ0) is 17.1. The maximum Gasteiger partial charge on any atom is 0.271 e. The lowest BCUT2D eigenvalue weighted by Gasteiger charge is -2.30. The highest BCUT2D eigenvalue weighted by Crippen LogP contribution is 2.31. The van der Waals surface area contributed by atoms with Crippen LogP contribution in [0.5, 0.6) is 0 Å². The summed E-state index contributed by atoms with van der Waals surface area (Å²) in [5.41, 5.74) is 2.94. The number of carbonyl (C=O) groups excluding carboxylic acids is 1. The third-order valence-corrected chi connectivity index (χ3v) is 5.20. The molecule has 0 spiro atoms. The predicted octanol–water partition coefficient (Wildman–Crippen LogP) is 3.62.